The van der Waals surface area contributed by atoms with E-state index in [1.165, 1.54) is 12.1 Å². The number of rotatable bonds is 5. The number of aryl methyl sites for hydroxylation is 1. The molecular formula is C24H21BrN2O5. The number of amides is 3. The molecule has 0 aromatic heterocycles. The molecule has 1 aliphatic heterocycles. The van der Waals surface area contributed by atoms with E-state index in [2.05, 4.69) is 21.2 Å². The van der Waals surface area contributed by atoms with E-state index >= 15 is 0 Å². The van der Waals surface area contributed by atoms with Crippen LogP contribution in [0.3, 0.4) is 0 Å². The molecule has 1 saturated heterocycles. The number of esters is 1. The Bertz CT molecular complexity index is 1120. The maximum Gasteiger partial charge on any atom is 0.338 e. The number of ether oxygens (including phenoxy) is 1. The van der Waals surface area contributed by atoms with Gasteiger partial charge in [0.25, 0.3) is 5.91 Å². The van der Waals surface area contributed by atoms with E-state index in [9.17, 15) is 19.2 Å². The van der Waals surface area contributed by atoms with Crippen molar-refractivity contribution in [3.63, 3.8) is 0 Å². The highest BCUT2D eigenvalue weighted by Gasteiger charge is 2.47. The first-order valence-corrected chi connectivity index (χ1v) is 11.0. The number of anilines is 2. The highest BCUT2D eigenvalue weighted by atomic mass is 79.9. The molecule has 2 aromatic rings. The lowest BCUT2D eigenvalue weighted by molar-refractivity contribution is -0.122. The van der Waals surface area contributed by atoms with Gasteiger partial charge >= 0.3 is 5.97 Å². The number of allylic oxidation sites excluding steroid dienone is 2. The first kappa shape index (κ1) is 22.0. The van der Waals surface area contributed by atoms with Crippen molar-refractivity contribution in [1.29, 1.82) is 0 Å². The molecule has 1 N–H and O–H groups in total. The van der Waals surface area contributed by atoms with E-state index in [0.29, 0.717) is 24.2 Å². The van der Waals surface area contributed by atoms with Crippen molar-refractivity contribution in [1.82, 2.24) is 0 Å². The molecule has 0 unspecified atom stereocenters. The number of nitrogens with zero attached hydrogens (tertiary/aromatic N) is 1. The van der Waals surface area contributed by atoms with E-state index in [-0.39, 0.29) is 29.2 Å². The van der Waals surface area contributed by atoms with Gasteiger partial charge in [-0.15, -0.1) is 0 Å². The third kappa shape index (κ3) is 4.36. The number of benzene rings is 2. The number of carbonyl (C=O) groups is 4. The van der Waals surface area contributed by atoms with E-state index in [1.54, 1.807) is 24.3 Å². The summed E-state index contributed by atoms with van der Waals surface area (Å²) in [4.78, 5) is 51.3. The van der Waals surface area contributed by atoms with Gasteiger partial charge in [0.05, 0.1) is 23.1 Å². The molecule has 2 atom stereocenters. The monoisotopic (exact) mass is 496 g/mol. The van der Waals surface area contributed by atoms with Crippen molar-refractivity contribution >= 4 is 51.0 Å². The van der Waals surface area contributed by atoms with Gasteiger partial charge in [0, 0.05) is 10.2 Å². The van der Waals surface area contributed by atoms with Gasteiger partial charge in [-0.3, -0.25) is 19.3 Å². The zero-order chi connectivity index (χ0) is 22.8. The van der Waals surface area contributed by atoms with Crippen molar-refractivity contribution in [3.05, 3.63) is 70.2 Å². The molecule has 2 aromatic carbocycles. The van der Waals surface area contributed by atoms with Gasteiger partial charge in [-0.2, -0.15) is 0 Å². The Kier molecular flexibility index (Phi) is 6.23. The molecule has 1 aliphatic carbocycles. The Labute approximate surface area is 193 Å². The fraction of sp³-hybridized carbons (Fsp3) is 0.250. The summed E-state index contributed by atoms with van der Waals surface area (Å²) < 4.78 is 6.05. The Hall–Kier alpha value is -3.26. The van der Waals surface area contributed by atoms with Crippen molar-refractivity contribution in [2.24, 2.45) is 11.8 Å². The van der Waals surface area contributed by atoms with Crippen LogP contribution < -0.4 is 10.2 Å². The van der Waals surface area contributed by atoms with E-state index in [0.717, 1.165) is 14.9 Å². The Morgan fingerprint density at radius 1 is 1.06 bits per heavy atom. The Morgan fingerprint density at radius 2 is 1.75 bits per heavy atom. The number of halogens is 1. The molecule has 4 rings (SSSR count). The van der Waals surface area contributed by atoms with Crippen LogP contribution in [-0.4, -0.2) is 30.3 Å². The van der Waals surface area contributed by atoms with Crippen LogP contribution in [0, 0.1) is 18.8 Å². The molecular weight excluding hydrogens is 476 g/mol. The Balaban J connectivity index is 1.40. The minimum absolute atomic E-state index is 0.156. The topological polar surface area (TPSA) is 92.8 Å². The molecule has 0 saturated carbocycles. The quantitative estimate of drug-likeness (QED) is 0.383. The third-order valence-corrected chi connectivity index (χ3v) is 6.51. The molecule has 1 fully saturated rings. The van der Waals surface area contributed by atoms with E-state index in [4.69, 9.17) is 4.74 Å². The molecule has 32 heavy (non-hydrogen) atoms. The van der Waals surface area contributed by atoms with Gasteiger partial charge in [0.15, 0.2) is 6.61 Å². The van der Waals surface area contributed by atoms with Crippen LogP contribution in [-0.2, 0) is 19.1 Å². The summed E-state index contributed by atoms with van der Waals surface area (Å²) >= 11 is 3.40. The maximum absolute atomic E-state index is 12.8. The SMILES string of the molecule is Cc1cc(NC(=O)COC(=O)c2cccc(N3C(=O)[C@H]4CC=CC[C@H]4C3=O)c2)ccc1Br. The molecule has 1 heterocycles. The van der Waals surface area contributed by atoms with Crippen LogP contribution in [0.5, 0.6) is 0 Å². The minimum Gasteiger partial charge on any atom is -0.452 e. The fourth-order valence-electron chi connectivity index (χ4n) is 3.96. The first-order chi connectivity index (χ1) is 15.3. The second-order valence-electron chi connectivity index (χ2n) is 7.81. The number of fused-ring (bicyclic) bond motifs is 1. The minimum atomic E-state index is -0.716. The maximum atomic E-state index is 12.8. The number of hydrogen-bond acceptors (Lipinski definition) is 5. The van der Waals surface area contributed by atoms with Crippen LogP contribution in [0.2, 0.25) is 0 Å². The molecule has 7 nitrogen and oxygen atoms in total. The van der Waals surface area contributed by atoms with Crippen LogP contribution in [0.15, 0.2) is 59.1 Å². The predicted molar refractivity (Wildman–Crippen MR) is 122 cm³/mol. The molecule has 8 heteroatoms. The van der Waals surface area contributed by atoms with Gasteiger partial charge in [-0.05, 0) is 61.7 Å². The lowest BCUT2D eigenvalue weighted by Crippen LogP contribution is -2.31. The predicted octanol–water partition coefficient (Wildman–Crippen LogP) is 4.01. The van der Waals surface area contributed by atoms with Gasteiger partial charge in [0.1, 0.15) is 0 Å². The molecule has 0 radical (unpaired) electrons. The second kappa shape index (κ2) is 9.08. The van der Waals surface area contributed by atoms with Crippen LogP contribution in [0.1, 0.15) is 28.8 Å². The highest BCUT2D eigenvalue weighted by Crippen LogP contribution is 2.37. The number of nitrogens with one attached hydrogen (secondary N) is 1. The molecule has 3 amide bonds. The van der Waals surface area contributed by atoms with Crippen LogP contribution in [0.25, 0.3) is 0 Å². The van der Waals surface area contributed by atoms with Crippen molar-refractivity contribution < 1.29 is 23.9 Å². The smallest absolute Gasteiger partial charge is 0.338 e. The molecule has 2 aliphatic rings. The van der Waals surface area contributed by atoms with Gasteiger partial charge in [-0.1, -0.05) is 34.1 Å². The standard InChI is InChI=1S/C24H21BrN2O5/c1-14-11-16(9-10-20(14)25)26-21(28)13-32-24(31)15-5-4-6-17(12-15)27-22(29)18-7-2-3-8-19(18)23(27)30/h2-6,9-12,18-19H,7-8,13H2,1H3,(H,26,28)/t18-,19+. The summed E-state index contributed by atoms with van der Waals surface area (Å²) in [6.45, 7) is 1.43. The number of hydrogen-bond donors (Lipinski definition) is 1. The average molecular weight is 497 g/mol. The second-order valence-corrected chi connectivity index (χ2v) is 8.66. The van der Waals surface area contributed by atoms with Gasteiger partial charge in [-0.25, -0.2) is 4.79 Å². The summed E-state index contributed by atoms with van der Waals surface area (Å²) in [6.07, 6.45) is 4.93. The number of carbonyl (C=O) groups excluding carboxylic acids is 4. The molecule has 164 valence electrons. The zero-order valence-electron chi connectivity index (χ0n) is 17.3. The summed E-state index contributed by atoms with van der Waals surface area (Å²) in [5.41, 5.74) is 2.04. The van der Waals surface area contributed by atoms with Crippen molar-refractivity contribution in [2.45, 2.75) is 19.8 Å². The lowest BCUT2D eigenvalue weighted by Gasteiger charge is -2.15. The van der Waals surface area contributed by atoms with Crippen molar-refractivity contribution in [3.8, 4) is 0 Å². The molecule has 0 bridgehead atoms. The normalized spacial score (nSPS) is 19.6. The number of imide groups is 1. The largest absolute Gasteiger partial charge is 0.452 e. The summed E-state index contributed by atoms with van der Waals surface area (Å²) in [6, 6.07) is 11.5. The average Bonchev–Trinajstić information content (AvgIpc) is 3.05. The summed E-state index contributed by atoms with van der Waals surface area (Å²) in [5, 5.41) is 2.67. The fourth-order valence-corrected chi connectivity index (χ4v) is 4.21. The zero-order valence-corrected chi connectivity index (χ0v) is 18.9. The third-order valence-electron chi connectivity index (χ3n) is 5.62. The van der Waals surface area contributed by atoms with E-state index in [1.807, 2.05) is 25.1 Å². The van der Waals surface area contributed by atoms with Crippen molar-refractivity contribution in [2.75, 3.05) is 16.8 Å². The molecule has 0 spiro atoms. The first-order valence-electron chi connectivity index (χ1n) is 10.2. The van der Waals surface area contributed by atoms with Gasteiger partial charge < -0.3 is 10.1 Å². The van der Waals surface area contributed by atoms with Crippen LogP contribution >= 0.6 is 15.9 Å². The lowest BCUT2D eigenvalue weighted by atomic mass is 9.85. The Morgan fingerprint density at radius 3 is 2.41 bits per heavy atom. The van der Waals surface area contributed by atoms with Crippen LogP contribution in [0.4, 0.5) is 11.4 Å². The highest BCUT2D eigenvalue weighted by molar-refractivity contribution is 9.10. The van der Waals surface area contributed by atoms with E-state index < -0.39 is 18.5 Å². The summed E-state index contributed by atoms with van der Waals surface area (Å²) in [7, 11) is 0. The van der Waals surface area contributed by atoms with Gasteiger partial charge in [0.2, 0.25) is 11.8 Å². The summed E-state index contributed by atoms with van der Waals surface area (Å²) in [5.74, 6) is -2.40.